The molecule has 1 aliphatic rings. The molecule has 1 atom stereocenters. The number of benzene rings is 1. The third-order valence-electron chi connectivity index (χ3n) is 3.59. The summed E-state index contributed by atoms with van der Waals surface area (Å²) in [6.07, 6.45) is 0. The number of amides is 2. The molecule has 2 aromatic rings. The topological polar surface area (TPSA) is 40.6 Å². The van der Waals surface area contributed by atoms with Gasteiger partial charge in [-0.3, -0.25) is 9.59 Å². The first-order valence-electron chi connectivity index (χ1n) is 6.77. The summed E-state index contributed by atoms with van der Waals surface area (Å²) in [5, 5.41) is 0.457. The second-order valence-corrected chi connectivity index (χ2v) is 7.37. The molecule has 1 saturated heterocycles. The quantitative estimate of drug-likeness (QED) is 0.845. The molecule has 1 aromatic heterocycles. The van der Waals surface area contributed by atoms with Gasteiger partial charge in [-0.05, 0) is 18.2 Å². The van der Waals surface area contributed by atoms with Gasteiger partial charge in [0.1, 0.15) is 11.9 Å². The van der Waals surface area contributed by atoms with E-state index in [0.717, 1.165) is 4.70 Å². The fraction of sp³-hybridized carbons (Fsp3) is 0.333. The maximum Gasteiger partial charge on any atom is 0.265 e. The Morgan fingerprint density at radius 2 is 2.14 bits per heavy atom. The van der Waals surface area contributed by atoms with Crippen LogP contribution in [0.1, 0.15) is 9.67 Å². The number of likely N-dealkylation sites (N-methyl/N-ethyl adjacent to an activating group) is 1. The predicted molar refractivity (Wildman–Crippen MR) is 87.8 cm³/mol. The van der Waals surface area contributed by atoms with E-state index in [1.807, 2.05) is 0 Å². The van der Waals surface area contributed by atoms with E-state index in [4.69, 9.17) is 0 Å². The van der Waals surface area contributed by atoms with Crippen molar-refractivity contribution in [3.63, 3.8) is 0 Å². The van der Waals surface area contributed by atoms with Crippen LogP contribution in [0.15, 0.2) is 24.3 Å². The number of thiophene rings is 1. The highest BCUT2D eigenvalue weighted by Crippen LogP contribution is 2.31. The Morgan fingerprint density at radius 3 is 2.82 bits per heavy atom. The number of carbonyl (C=O) groups is 2. The third kappa shape index (κ3) is 2.59. The van der Waals surface area contributed by atoms with Gasteiger partial charge >= 0.3 is 0 Å². The minimum Gasteiger partial charge on any atom is -0.347 e. The van der Waals surface area contributed by atoms with Gasteiger partial charge in [0.25, 0.3) is 5.91 Å². The van der Waals surface area contributed by atoms with Crippen molar-refractivity contribution in [2.45, 2.75) is 6.04 Å². The van der Waals surface area contributed by atoms with E-state index in [1.54, 1.807) is 49.0 Å². The van der Waals surface area contributed by atoms with Crippen LogP contribution in [0, 0.1) is 5.82 Å². The Labute approximate surface area is 135 Å². The van der Waals surface area contributed by atoms with Crippen molar-refractivity contribution in [2.24, 2.45) is 0 Å². The van der Waals surface area contributed by atoms with E-state index >= 15 is 0 Å². The molecule has 1 aliphatic heterocycles. The van der Waals surface area contributed by atoms with E-state index in [2.05, 4.69) is 0 Å². The Kier molecular flexibility index (Phi) is 4.10. The van der Waals surface area contributed by atoms with Crippen LogP contribution in [-0.4, -0.2) is 53.4 Å². The van der Waals surface area contributed by atoms with Crippen LogP contribution in [-0.2, 0) is 4.79 Å². The van der Waals surface area contributed by atoms with Crippen molar-refractivity contribution < 1.29 is 14.0 Å². The average molecular weight is 338 g/mol. The fourth-order valence-corrected chi connectivity index (χ4v) is 4.59. The van der Waals surface area contributed by atoms with E-state index in [9.17, 15) is 14.0 Å². The Bertz CT molecular complexity index is 744. The summed E-state index contributed by atoms with van der Waals surface area (Å²) >= 11 is 2.82. The molecule has 0 spiro atoms. The molecule has 0 bridgehead atoms. The normalized spacial score (nSPS) is 18.0. The summed E-state index contributed by atoms with van der Waals surface area (Å²) in [5.41, 5.74) is 0. The predicted octanol–water partition coefficient (Wildman–Crippen LogP) is 2.64. The number of hydrogen-bond donors (Lipinski definition) is 0. The molecule has 0 unspecified atom stereocenters. The largest absolute Gasteiger partial charge is 0.347 e. The van der Waals surface area contributed by atoms with Crippen molar-refractivity contribution in [1.29, 1.82) is 0 Å². The average Bonchev–Trinajstić information content (AvgIpc) is 3.13. The molecule has 0 N–H and O–H groups in total. The molecule has 0 radical (unpaired) electrons. The number of thioether (sulfide) groups is 1. The van der Waals surface area contributed by atoms with Crippen LogP contribution in [0.2, 0.25) is 0 Å². The number of hydrogen-bond acceptors (Lipinski definition) is 4. The molecule has 2 heterocycles. The fourth-order valence-electron chi connectivity index (χ4n) is 2.42. The minimum atomic E-state index is -0.442. The van der Waals surface area contributed by atoms with Gasteiger partial charge in [0.2, 0.25) is 5.91 Å². The molecule has 7 heteroatoms. The molecule has 22 heavy (non-hydrogen) atoms. The first-order valence-corrected chi connectivity index (χ1v) is 8.74. The number of nitrogens with zero attached hydrogens (tertiary/aromatic N) is 2. The van der Waals surface area contributed by atoms with E-state index < -0.39 is 6.04 Å². The van der Waals surface area contributed by atoms with Gasteiger partial charge < -0.3 is 9.80 Å². The van der Waals surface area contributed by atoms with Gasteiger partial charge in [-0.1, -0.05) is 6.07 Å². The van der Waals surface area contributed by atoms with Gasteiger partial charge in [-0.2, -0.15) is 0 Å². The van der Waals surface area contributed by atoms with Crippen LogP contribution >= 0.6 is 23.1 Å². The highest BCUT2D eigenvalue weighted by molar-refractivity contribution is 7.99. The third-order valence-corrected chi connectivity index (χ3v) is 5.69. The zero-order valence-corrected chi connectivity index (χ0v) is 13.8. The molecular weight excluding hydrogens is 323 g/mol. The second-order valence-electron chi connectivity index (χ2n) is 5.29. The summed E-state index contributed by atoms with van der Waals surface area (Å²) in [6.45, 7) is 0. The molecule has 116 valence electrons. The van der Waals surface area contributed by atoms with Crippen LogP contribution in [0.4, 0.5) is 4.39 Å². The standard InChI is InChI=1S/C15H15FN2O2S2/c1-17(2)14(19)11-7-21-8-18(11)15(20)13-6-9-10(16)4-3-5-12(9)22-13/h3-6,11H,7-8H2,1-2H3/t11-/m0/s1. The van der Waals surface area contributed by atoms with Crippen molar-refractivity contribution in [3.05, 3.63) is 35.0 Å². The van der Waals surface area contributed by atoms with Crippen LogP contribution in [0.3, 0.4) is 0 Å². The van der Waals surface area contributed by atoms with Gasteiger partial charge in [0.05, 0.1) is 10.8 Å². The zero-order valence-electron chi connectivity index (χ0n) is 12.2. The maximum atomic E-state index is 13.8. The van der Waals surface area contributed by atoms with E-state index in [1.165, 1.54) is 22.3 Å². The Hall–Kier alpha value is -1.60. The number of halogens is 1. The lowest BCUT2D eigenvalue weighted by atomic mass is 10.2. The van der Waals surface area contributed by atoms with Crippen LogP contribution < -0.4 is 0 Å². The lowest BCUT2D eigenvalue weighted by Gasteiger charge is -2.24. The van der Waals surface area contributed by atoms with Gasteiger partial charge in [-0.25, -0.2) is 4.39 Å². The Balaban J connectivity index is 1.91. The molecular formula is C15H15FN2O2S2. The van der Waals surface area contributed by atoms with Crippen molar-refractivity contribution in [3.8, 4) is 0 Å². The molecule has 3 rings (SSSR count). The second kappa shape index (κ2) is 5.89. The van der Waals surface area contributed by atoms with Crippen molar-refractivity contribution in [2.75, 3.05) is 25.7 Å². The minimum absolute atomic E-state index is 0.0781. The summed E-state index contributed by atoms with van der Waals surface area (Å²) in [5.74, 6) is 0.475. The van der Waals surface area contributed by atoms with Gasteiger partial charge in [0, 0.05) is 29.9 Å². The van der Waals surface area contributed by atoms with Crippen LogP contribution in [0.25, 0.3) is 10.1 Å². The Morgan fingerprint density at radius 1 is 1.36 bits per heavy atom. The smallest absolute Gasteiger partial charge is 0.265 e. The summed E-state index contributed by atoms with van der Waals surface area (Å²) in [7, 11) is 3.37. The molecule has 1 fully saturated rings. The highest BCUT2D eigenvalue weighted by Gasteiger charge is 2.36. The number of rotatable bonds is 2. The lowest BCUT2D eigenvalue weighted by molar-refractivity contribution is -0.132. The molecule has 0 aliphatic carbocycles. The summed E-state index contributed by atoms with van der Waals surface area (Å²) < 4.78 is 14.5. The first-order chi connectivity index (χ1) is 10.5. The molecule has 2 amide bonds. The van der Waals surface area contributed by atoms with Gasteiger partial charge in [0.15, 0.2) is 0 Å². The number of carbonyl (C=O) groups excluding carboxylic acids is 2. The van der Waals surface area contributed by atoms with E-state index in [0.29, 0.717) is 21.9 Å². The van der Waals surface area contributed by atoms with Gasteiger partial charge in [-0.15, -0.1) is 23.1 Å². The van der Waals surface area contributed by atoms with Crippen molar-refractivity contribution >= 4 is 45.0 Å². The lowest BCUT2D eigenvalue weighted by Crippen LogP contribution is -2.46. The first kappa shape index (κ1) is 15.3. The zero-order chi connectivity index (χ0) is 15.9. The van der Waals surface area contributed by atoms with Crippen LogP contribution in [0.5, 0.6) is 0 Å². The monoisotopic (exact) mass is 338 g/mol. The van der Waals surface area contributed by atoms with E-state index in [-0.39, 0.29) is 17.6 Å². The summed E-state index contributed by atoms with van der Waals surface area (Å²) in [6, 6.07) is 5.95. The molecule has 1 aromatic carbocycles. The SMILES string of the molecule is CN(C)C(=O)[C@@H]1CSCN1C(=O)c1cc2c(F)cccc2s1. The molecule has 0 saturated carbocycles. The summed E-state index contributed by atoms with van der Waals surface area (Å²) in [4.78, 5) is 28.4. The number of fused-ring (bicyclic) bond motifs is 1. The molecule has 4 nitrogen and oxygen atoms in total. The highest BCUT2D eigenvalue weighted by atomic mass is 32.2. The van der Waals surface area contributed by atoms with Crippen molar-refractivity contribution in [1.82, 2.24) is 9.80 Å². The maximum absolute atomic E-state index is 13.8.